The zero-order chi connectivity index (χ0) is 21.5. The standard InChI is InChI=1S/C22H23NO7/c1-27-12-16(24)11-23-21(25)13-29-17-5-3-14(4-6-17)19-10-15-9-18(28-2)7-8-20(15)30-22(19)26/h3-10,16,24H,11-13H2,1-2H3,(H,23,25)/t16-/m1/s1. The molecule has 0 unspecified atom stereocenters. The zero-order valence-corrected chi connectivity index (χ0v) is 16.7. The van der Waals surface area contributed by atoms with E-state index in [1.165, 1.54) is 7.11 Å². The highest BCUT2D eigenvalue weighted by Crippen LogP contribution is 2.25. The number of aliphatic hydroxyl groups is 1. The fourth-order valence-electron chi connectivity index (χ4n) is 2.84. The summed E-state index contributed by atoms with van der Waals surface area (Å²) in [6.45, 7) is 0.0204. The minimum Gasteiger partial charge on any atom is -0.497 e. The molecule has 1 amide bonds. The average Bonchev–Trinajstić information content (AvgIpc) is 2.76. The molecule has 0 aliphatic rings. The molecule has 158 valence electrons. The van der Waals surface area contributed by atoms with Gasteiger partial charge < -0.3 is 29.1 Å². The van der Waals surface area contributed by atoms with Gasteiger partial charge in [-0.3, -0.25) is 4.79 Å². The maximum Gasteiger partial charge on any atom is 0.344 e. The number of hydrogen-bond donors (Lipinski definition) is 2. The number of aliphatic hydroxyl groups excluding tert-OH is 1. The van der Waals surface area contributed by atoms with Crippen LogP contribution in [0.1, 0.15) is 0 Å². The normalized spacial score (nSPS) is 11.8. The van der Waals surface area contributed by atoms with Gasteiger partial charge in [-0.25, -0.2) is 4.79 Å². The number of nitrogens with one attached hydrogen (secondary N) is 1. The first-order valence-electron chi connectivity index (χ1n) is 9.29. The van der Waals surface area contributed by atoms with E-state index >= 15 is 0 Å². The quantitative estimate of drug-likeness (QED) is 0.517. The number of hydrogen-bond acceptors (Lipinski definition) is 7. The molecule has 0 aliphatic carbocycles. The van der Waals surface area contributed by atoms with E-state index in [1.807, 2.05) is 0 Å². The van der Waals surface area contributed by atoms with Crippen molar-refractivity contribution in [2.24, 2.45) is 0 Å². The minimum atomic E-state index is -0.771. The maximum absolute atomic E-state index is 12.4. The van der Waals surface area contributed by atoms with Crippen LogP contribution in [0.25, 0.3) is 22.1 Å². The number of carbonyl (C=O) groups is 1. The molecule has 8 nitrogen and oxygen atoms in total. The molecule has 8 heteroatoms. The molecule has 0 fully saturated rings. The second-order valence-electron chi connectivity index (χ2n) is 6.58. The van der Waals surface area contributed by atoms with Crippen molar-refractivity contribution in [2.75, 3.05) is 34.0 Å². The second kappa shape index (κ2) is 9.91. The van der Waals surface area contributed by atoms with Gasteiger partial charge in [0.05, 0.1) is 25.4 Å². The Morgan fingerprint density at radius 1 is 1.10 bits per heavy atom. The lowest BCUT2D eigenvalue weighted by Gasteiger charge is -2.11. The van der Waals surface area contributed by atoms with E-state index in [-0.39, 0.29) is 25.7 Å². The Hall–Kier alpha value is -3.36. The Labute approximate surface area is 173 Å². The molecule has 1 atom stereocenters. The highest BCUT2D eigenvalue weighted by molar-refractivity contribution is 5.83. The molecule has 0 aliphatic heterocycles. The molecule has 3 aromatic rings. The summed E-state index contributed by atoms with van der Waals surface area (Å²) < 4.78 is 20.8. The summed E-state index contributed by atoms with van der Waals surface area (Å²) in [5.74, 6) is 0.774. The molecule has 3 rings (SSSR count). The number of benzene rings is 2. The van der Waals surface area contributed by atoms with Crippen LogP contribution in [0.5, 0.6) is 11.5 Å². The molecular formula is C22H23NO7. The average molecular weight is 413 g/mol. The van der Waals surface area contributed by atoms with Gasteiger partial charge in [0, 0.05) is 19.0 Å². The first kappa shape index (κ1) is 21.4. The van der Waals surface area contributed by atoms with Gasteiger partial charge >= 0.3 is 5.63 Å². The van der Waals surface area contributed by atoms with Crippen LogP contribution in [0, 0.1) is 0 Å². The van der Waals surface area contributed by atoms with Gasteiger partial charge in [-0.05, 0) is 42.0 Å². The van der Waals surface area contributed by atoms with Crippen molar-refractivity contribution in [1.82, 2.24) is 5.32 Å². The summed E-state index contributed by atoms with van der Waals surface area (Å²) >= 11 is 0. The van der Waals surface area contributed by atoms with E-state index in [4.69, 9.17) is 18.6 Å². The van der Waals surface area contributed by atoms with Gasteiger partial charge in [0.15, 0.2) is 6.61 Å². The summed E-state index contributed by atoms with van der Waals surface area (Å²) in [6, 6.07) is 13.7. The molecule has 0 spiro atoms. The molecule has 2 aromatic carbocycles. The van der Waals surface area contributed by atoms with Crippen LogP contribution in [-0.4, -0.2) is 51.1 Å². The van der Waals surface area contributed by atoms with Gasteiger partial charge in [0.1, 0.15) is 17.1 Å². The summed E-state index contributed by atoms with van der Waals surface area (Å²) in [4.78, 5) is 24.1. The van der Waals surface area contributed by atoms with Crippen molar-refractivity contribution in [1.29, 1.82) is 0 Å². The number of carbonyl (C=O) groups excluding carboxylic acids is 1. The number of rotatable bonds is 9. The van der Waals surface area contributed by atoms with Gasteiger partial charge in [-0.2, -0.15) is 0 Å². The highest BCUT2D eigenvalue weighted by Gasteiger charge is 2.10. The van der Waals surface area contributed by atoms with Crippen LogP contribution in [0.3, 0.4) is 0 Å². The topological polar surface area (TPSA) is 107 Å². The van der Waals surface area contributed by atoms with Gasteiger partial charge in [0.25, 0.3) is 5.91 Å². The zero-order valence-electron chi connectivity index (χ0n) is 16.7. The Bertz CT molecular complexity index is 1060. The molecule has 0 radical (unpaired) electrons. The Kier molecular flexibility index (Phi) is 7.05. The van der Waals surface area contributed by atoms with Crippen LogP contribution in [0.15, 0.2) is 57.7 Å². The molecule has 0 saturated carbocycles. The Balaban J connectivity index is 1.66. The largest absolute Gasteiger partial charge is 0.497 e. The third-order valence-electron chi connectivity index (χ3n) is 4.37. The fourth-order valence-corrected chi connectivity index (χ4v) is 2.84. The van der Waals surface area contributed by atoms with Crippen LogP contribution < -0.4 is 20.4 Å². The number of amides is 1. The van der Waals surface area contributed by atoms with Crippen molar-refractivity contribution < 1.29 is 28.5 Å². The first-order chi connectivity index (χ1) is 14.5. The molecule has 1 heterocycles. The summed E-state index contributed by atoms with van der Waals surface area (Å²) in [5.41, 5.74) is 1.10. The fraction of sp³-hybridized carbons (Fsp3) is 0.273. The number of ether oxygens (including phenoxy) is 3. The monoisotopic (exact) mass is 413 g/mol. The second-order valence-corrected chi connectivity index (χ2v) is 6.58. The lowest BCUT2D eigenvalue weighted by Crippen LogP contribution is -2.36. The van der Waals surface area contributed by atoms with Crippen molar-refractivity contribution in [3.05, 3.63) is 59.0 Å². The Morgan fingerprint density at radius 3 is 2.53 bits per heavy atom. The van der Waals surface area contributed by atoms with Gasteiger partial charge in [0.2, 0.25) is 0 Å². The van der Waals surface area contributed by atoms with Crippen LogP contribution in [0.2, 0.25) is 0 Å². The molecule has 30 heavy (non-hydrogen) atoms. The molecule has 2 N–H and O–H groups in total. The molecule has 0 bridgehead atoms. The van der Waals surface area contributed by atoms with E-state index in [0.717, 1.165) is 5.39 Å². The van der Waals surface area contributed by atoms with Crippen LogP contribution in [-0.2, 0) is 9.53 Å². The summed E-state index contributed by atoms with van der Waals surface area (Å²) in [6.07, 6.45) is -0.771. The summed E-state index contributed by atoms with van der Waals surface area (Å²) in [7, 11) is 3.04. The Morgan fingerprint density at radius 2 is 1.83 bits per heavy atom. The van der Waals surface area contributed by atoms with E-state index < -0.39 is 11.7 Å². The lowest BCUT2D eigenvalue weighted by molar-refractivity contribution is -0.123. The molecule has 0 saturated heterocycles. The van der Waals surface area contributed by atoms with Crippen LogP contribution in [0.4, 0.5) is 0 Å². The van der Waals surface area contributed by atoms with Crippen molar-refractivity contribution in [3.8, 4) is 22.6 Å². The minimum absolute atomic E-state index is 0.0809. The molecular weight excluding hydrogens is 390 g/mol. The smallest absolute Gasteiger partial charge is 0.344 e. The van der Waals surface area contributed by atoms with Crippen LogP contribution >= 0.6 is 0 Å². The lowest BCUT2D eigenvalue weighted by atomic mass is 10.1. The third kappa shape index (κ3) is 5.37. The van der Waals surface area contributed by atoms with Gasteiger partial charge in [-0.15, -0.1) is 0 Å². The van der Waals surface area contributed by atoms with E-state index in [2.05, 4.69) is 5.32 Å². The summed E-state index contributed by atoms with van der Waals surface area (Å²) in [5, 5.41) is 12.8. The van der Waals surface area contributed by atoms with E-state index in [0.29, 0.717) is 28.2 Å². The number of fused-ring (bicyclic) bond motifs is 1. The van der Waals surface area contributed by atoms with Crippen molar-refractivity contribution >= 4 is 16.9 Å². The van der Waals surface area contributed by atoms with Crippen molar-refractivity contribution in [3.63, 3.8) is 0 Å². The van der Waals surface area contributed by atoms with E-state index in [1.54, 1.807) is 55.6 Å². The predicted molar refractivity (Wildman–Crippen MR) is 111 cm³/mol. The number of methoxy groups -OCH3 is 2. The first-order valence-corrected chi connectivity index (χ1v) is 9.29. The van der Waals surface area contributed by atoms with E-state index in [9.17, 15) is 14.7 Å². The SMILES string of the molecule is COC[C@H](O)CNC(=O)COc1ccc(-c2cc3cc(OC)ccc3oc2=O)cc1. The molecule has 1 aromatic heterocycles. The van der Waals surface area contributed by atoms with Crippen molar-refractivity contribution in [2.45, 2.75) is 6.10 Å². The predicted octanol–water partition coefficient (Wildman–Crippen LogP) is 1.97. The van der Waals surface area contributed by atoms with Gasteiger partial charge in [-0.1, -0.05) is 12.1 Å². The highest BCUT2D eigenvalue weighted by atomic mass is 16.5. The maximum atomic E-state index is 12.4. The third-order valence-corrected chi connectivity index (χ3v) is 4.37.